The SMILES string of the molecule is CCCCCCCCC1(NC(=O)NC2CCCCCC2OC(=O)CCNC(=O)C2OC(C)(C)OCC2(C)C)CCCC1. The summed E-state index contributed by atoms with van der Waals surface area (Å²) in [5, 5.41) is 9.41. The Hall–Kier alpha value is -1.87. The first kappa shape index (κ1) is 34.6. The average molecular weight is 594 g/mol. The number of ether oxygens (including phenoxy) is 3. The Balaban J connectivity index is 1.46. The van der Waals surface area contributed by atoms with E-state index in [1.165, 1.54) is 32.1 Å². The summed E-state index contributed by atoms with van der Waals surface area (Å²) in [6.07, 6.45) is 16.5. The monoisotopic (exact) mass is 593 g/mol. The van der Waals surface area contributed by atoms with Crippen LogP contribution in [0.2, 0.25) is 0 Å². The van der Waals surface area contributed by atoms with E-state index in [1.54, 1.807) is 13.8 Å². The van der Waals surface area contributed by atoms with Crippen LogP contribution < -0.4 is 16.0 Å². The van der Waals surface area contributed by atoms with Crippen molar-refractivity contribution < 1.29 is 28.6 Å². The van der Waals surface area contributed by atoms with Crippen molar-refractivity contribution in [3.63, 3.8) is 0 Å². The number of nitrogens with one attached hydrogen (secondary N) is 3. The van der Waals surface area contributed by atoms with E-state index in [9.17, 15) is 14.4 Å². The van der Waals surface area contributed by atoms with Crippen LogP contribution in [-0.4, -0.2) is 60.6 Å². The van der Waals surface area contributed by atoms with Gasteiger partial charge >= 0.3 is 12.0 Å². The van der Waals surface area contributed by atoms with Gasteiger partial charge in [-0.3, -0.25) is 9.59 Å². The fourth-order valence-corrected chi connectivity index (χ4v) is 6.69. The molecule has 1 saturated heterocycles. The highest BCUT2D eigenvalue weighted by Gasteiger charge is 2.45. The molecule has 242 valence electrons. The molecule has 9 nitrogen and oxygen atoms in total. The molecule has 0 bridgehead atoms. The Labute approximate surface area is 254 Å². The standard InChI is InChI=1S/C33H59N3O6/c1-6-7-8-9-10-14-20-33(21-15-16-22-33)36-30(39)35-25-17-12-11-13-18-26(25)41-27(37)19-23-34-29(38)28-31(2,3)24-40-32(4,5)42-28/h25-26,28H,6-24H2,1-5H3,(H,34,38)(H2,35,36,39). The van der Waals surface area contributed by atoms with Gasteiger partial charge in [0.05, 0.1) is 19.1 Å². The first-order chi connectivity index (χ1) is 20.0. The minimum atomic E-state index is -0.837. The number of carbonyl (C=O) groups excluding carboxylic acids is 3. The van der Waals surface area contributed by atoms with Crippen LogP contribution in [0.25, 0.3) is 0 Å². The van der Waals surface area contributed by atoms with Gasteiger partial charge in [0.15, 0.2) is 5.79 Å². The third-order valence-electron chi connectivity index (χ3n) is 9.27. The van der Waals surface area contributed by atoms with Crippen LogP contribution in [0, 0.1) is 5.41 Å². The van der Waals surface area contributed by atoms with E-state index in [4.69, 9.17) is 14.2 Å². The highest BCUT2D eigenvalue weighted by molar-refractivity contribution is 5.82. The predicted molar refractivity (Wildman–Crippen MR) is 164 cm³/mol. The van der Waals surface area contributed by atoms with Crippen molar-refractivity contribution in [2.75, 3.05) is 13.2 Å². The molecule has 3 fully saturated rings. The number of urea groups is 1. The molecular formula is C33H59N3O6. The van der Waals surface area contributed by atoms with Crippen LogP contribution in [-0.2, 0) is 23.8 Å². The zero-order valence-corrected chi connectivity index (χ0v) is 27.1. The third kappa shape index (κ3) is 11.0. The smallest absolute Gasteiger partial charge is 0.315 e. The topological polar surface area (TPSA) is 115 Å². The van der Waals surface area contributed by atoms with Gasteiger partial charge in [-0.1, -0.05) is 85.0 Å². The van der Waals surface area contributed by atoms with E-state index in [0.29, 0.717) is 6.61 Å². The molecule has 3 unspecified atom stereocenters. The first-order valence-electron chi connectivity index (χ1n) is 16.8. The maximum absolute atomic E-state index is 13.3. The van der Waals surface area contributed by atoms with Crippen molar-refractivity contribution in [3.05, 3.63) is 0 Å². The molecule has 0 aromatic heterocycles. The molecule has 2 saturated carbocycles. The lowest BCUT2D eigenvalue weighted by Gasteiger charge is -2.44. The molecule has 0 spiro atoms. The molecule has 2 aliphatic carbocycles. The zero-order chi connectivity index (χ0) is 30.6. The van der Waals surface area contributed by atoms with Crippen molar-refractivity contribution in [1.82, 2.24) is 16.0 Å². The lowest BCUT2D eigenvalue weighted by atomic mass is 9.85. The third-order valence-corrected chi connectivity index (χ3v) is 9.27. The summed E-state index contributed by atoms with van der Waals surface area (Å²) in [6.45, 7) is 10.3. The summed E-state index contributed by atoms with van der Waals surface area (Å²) in [4.78, 5) is 39.0. The van der Waals surface area contributed by atoms with Crippen LogP contribution in [0.15, 0.2) is 0 Å². The molecule has 1 aliphatic heterocycles. The summed E-state index contributed by atoms with van der Waals surface area (Å²) in [5.41, 5.74) is -0.590. The van der Waals surface area contributed by atoms with E-state index in [0.717, 1.165) is 70.6 Å². The molecule has 0 radical (unpaired) electrons. The number of unbranched alkanes of at least 4 members (excludes halogenated alkanes) is 5. The molecule has 3 aliphatic rings. The van der Waals surface area contributed by atoms with Gasteiger partial charge in [0.25, 0.3) is 0 Å². The molecule has 3 amide bonds. The van der Waals surface area contributed by atoms with Gasteiger partial charge in [0, 0.05) is 17.5 Å². The minimum Gasteiger partial charge on any atom is -0.460 e. The number of esters is 1. The van der Waals surface area contributed by atoms with E-state index < -0.39 is 17.3 Å². The quantitative estimate of drug-likeness (QED) is 0.124. The molecule has 0 aromatic carbocycles. The zero-order valence-electron chi connectivity index (χ0n) is 27.1. The number of amides is 3. The fourth-order valence-electron chi connectivity index (χ4n) is 6.69. The van der Waals surface area contributed by atoms with Crippen LogP contribution in [0.4, 0.5) is 4.79 Å². The van der Waals surface area contributed by atoms with E-state index >= 15 is 0 Å². The Morgan fingerprint density at radius 3 is 2.31 bits per heavy atom. The highest BCUT2D eigenvalue weighted by Crippen LogP contribution is 2.36. The van der Waals surface area contributed by atoms with Crippen molar-refractivity contribution in [1.29, 1.82) is 0 Å². The number of carbonyl (C=O) groups is 3. The van der Waals surface area contributed by atoms with Gasteiger partial charge in [-0.15, -0.1) is 0 Å². The summed E-state index contributed by atoms with van der Waals surface area (Å²) in [7, 11) is 0. The molecule has 1 heterocycles. The molecule has 3 N–H and O–H groups in total. The molecule has 3 rings (SSSR count). The maximum Gasteiger partial charge on any atom is 0.315 e. The molecular weight excluding hydrogens is 534 g/mol. The fraction of sp³-hybridized carbons (Fsp3) is 0.909. The second kappa shape index (κ2) is 16.3. The predicted octanol–water partition coefficient (Wildman–Crippen LogP) is 6.28. The highest BCUT2D eigenvalue weighted by atomic mass is 16.7. The number of rotatable bonds is 14. The van der Waals surface area contributed by atoms with Crippen LogP contribution >= 0.6 is 0 Å². The van der Waals surface area contributed by atoms with Gasteiger partial charge in [-0.25, -0.2) is 4.79 Å². The Morgan fingerprint density at radius 1 is 0.881 bits per heavy atom. The lowest BCUT2D eigenvalue weighted by Crippen LogP contribution is -2.56. The second-order valence-corrected chi connectivity index (χ2v) is 14.1. The second-order valence-electron chi connectivity index (χ2n) is 14.1. The van der Waals surface area contributed by atoms with E-state index in [-0.39, 0.29) is 48.6 Å². The van der Waals surface area contributed by atoms with Crippen LogP contribution in [0.1, 0.15) is 144 Å². The summed E-state index contributed by atoms with van der Waals surface area (Å²) >= 11 is 0. The van der Waals surface area contributed by atoms with Crippen LogP contribution in [0.3, 0.4) is 0 Å². The van der Waals surface area contributed by atoms with Gasteiger partial charge in [0.1, 0.15) is 12.2 Å². The summed E-state index contributed by atoms with van der Waals surface area (Å²) < 4.78 is 17.5. The summed E-state index contributed by atoms with van der Waals surface area (Å²) in [6, 6.07) is -0.345. The first-order valence-corrected chi connectivity index (χ1v) is 16.8. The van der Waals surface area contributed by atoms with Gasteiger partial charge in [-0.2, -0.15) is 0 Å². The normalized spacial score (nSPS) is 26.5. The Bertz CT molecular complexity index is 870. The van der Waals surface area contributed by atoms with E-state index in [2.05, 4.69) is 22.9 Å². The van der Waals surface area contributed by atoms with Gasteiger partial charge in [-0.05, 0) is 52.4 Å². The lowest BCUT2D eigenvalue weighted by molar-refractivity contribution is -0.304. The van der Waals surface area contributed by atoms with Crippen molar-refractivity contribution >= 4 is 17.9 Å². The van der Waals surface area contributed by atoms with E-state index in [1.807, 2.05) is 13.8 Å². The van der Waals surface area contributed by atoms with Crippen molar-refractivity contribution in [2.45, 2.75) is 173 Å². The maximum atomic E-state index is 13.3. The minimum absolute atomic E-state index is 0.0650. The van der Waals surface area contributed by atoms with Gasteiger partial charge in [0.2, 0.25) is 5.91 Å². The summed E-state index contributed by atoms with van der Waals surface area (Å²) in [5.74, 6) is -1.45. The number of hydrogen-bond donors (Lipinski definition) is 3. The molecule has 0 aromatic rings. The van der Waals surface area contributed by atoms with Crippen LogP contribution in [0.5, 0.6) is 0 Å². The van der Waals surface area contributed by atoms with Crippen molar-refractivity contribution in [3.8, 4) is 0 Å². The molecule has 3 atom stereocenters. The molecule has 9 heteroatoms. The largest absolute Gasteiger partial charge is 0.460 e. The Kier molecular flexibility index (Phi) is 13.4. The Morgan fingerprint density at radius 2 is 1.57 bits per heavy atom. The molecule has 42 heavy (non-hydrogen) atoms. The van der Waals surface area contributed by atoms with Gasteiger partial charge < -0.3 is 30.2 Å². The number of hydrogen-bond acceptors (Lipinski definition) is 6. The average Bonchev–Trinajstić information content (AvgIpc) is 3.28. The van der Waals surface area contributed by atoms with Crippen molar-refractivity contribution in [2.24, 2.45) is 5.41 Å².